The van der Waals surface area contributed by atoms with Gasteiger partial charge in [0.05, 0.1) is 24.5 Å². The predicted octanol–water partition coefficient (Wildman–Crippen LogP) is 2.79. The van der Waals surface area contributed by atoms with Crippen LogP contribution >= 0.6 is 0 Å². The van der Waals surface area contributed by atoms with Gasteiger partial charge in [-0.3, -0.25) is 9.59 Å². The van der Waals surface area contributed by atoms with Crippen molar-refractivity contribution >= 4 is 11.9 Å². The van der Waals surface area contributed by atoms with E-state index in [9.17, 15) is 9.59 Å². The summed E-state index contributed by atoms with van der Waals surface area (Å²) in [6, 6.07) is 0. The Bertz CT molecular complexity index is 697. The fourth-order valence-corrected chi connectivity index (χ4v) is 7.39. The van der Waals surface area contributed by atoms with Gasteiger partial charge in [-0.25, -0.2) is 0 Å². The molecule has 0 bridgehead atoms. The molecule has 1 spiro atoms. The van der Waals surface area contributed by atoms with Crippen LogP contribution in [0.4, 0.5) is 0 Å². The molecule has 0 radical (unpaired) electrons. The van der Waals surface area contributed by atoms with Crippen LogP contribution in [-0.2, 0) is 23.8 Å². The van der Waals surface area contributed by atoms with Crippen LogP contribution in [0.5, 0.6) is 0 Å². The fourth-order valence-electron chi connectivity index (χ4n) is 7.39. The van der Waals surface area contributed by atoms with Gasteiger partial charge in [0.25, 0.3) is 0 Å². The lowest BCUT2D eigenvalue weighted by Crippen LogP contribution is -2.55. The van der Waals surface area contributed by atoms with Crippen LogP contribution in [-0.4, -0.2) is 60.9 Å². The lowest BCUT2D eigenvalue weighted by atomic mass is 9.53. The summed E-state index contributed by atoms with van der Waals surface area (Å²) in [7, 11) is 0. The van der Waals surface area contributed by atoms with Crippen molar-refractivity contribution in [2.24, 2.45) is 29.1 Å². The van der Waals surface area contributed by atoms with Gasteiger partial charge >= 0.3 is 11.9 Å². The molecule has 3 saturated heterocycles. The van der Waals surface area contributed by atoms with E-state index in [2.05, 4.69) is 18.7 Å². The van der Waals surface area contributed by atoms with E-state index in [0.717, 1.165) is 25.8 Å². The number of piperidine rings is 1. The second-order valence-corrected chi connectivity index (χ2v) is 10.4. The molecule has 0 unspecified atom stereocenters. The molecule has 6 heteroatoms. The van der Waals surface area contributed by atoms with Crippen molar-refractivity contribution in [3.05, 3.63) is 0 Å². The van der Waals surface area contributed by atoms with Crippen molar-refractivity contribution < 1.29 is 23.8 Å². The Balaban J connectivity index is 1.31. The summed E-state index contributed by atoms with van der Waals surface area (Å²) in [5.41, 5.74) is 0.0831. The van der Waals surface area contributed by atoms with E-state index in [0.29, 0.717) is 25.6 Å². The van der Waals surface area contributed by atoms with Crippen molar-refractivity contribution in [1.29, 1.82) is 0 Å². The maximum Gasteiger partial charge on any atom is 0.311 e. The molecular weight excluding hydrogens is 370 g/mol. The zero-order chi connectivity index (χ0) is 20.4. The SMILES string of the molecule is CCOC(=O)[C@@H]1CCCN(C[C@H]2C(=O)O[C@@H]3C[C@@]4(C)CCC[C@H](C)[C@]45O[C@@H]5[C@@H]32)C1. The van der Waals surface area contributed by atoms with Gasteiger partial charge in [-0.05, 0) is 51.5 Å². The molecule has 0 amide bonds. The standard InChI is InChI=1S/C23H35NO5/c1-4-27-20(25)15-8-6-10-24(12-15)13-16-18-17(28-21(16)26)11-22(3)9-5-7-14(2)23(22)19(18)29-23/h14-19H,4-13H2,1-3H3/t14-,15+,16+,17+,18+,19+,22+,23+/m0/s1. The third kappa shape index (κ3) is 2.88. The van der Waals surface area contributed by atoms with E-state index >= 15 is 0 Å². The van der Waals surface area contributed by atoms with Gasteiger partial charge in [-0.2, -0.15) is 0 Å². The van der Waals surface area contributed by atoms with Crippen LogP contribution < -0.4 is 0 Å². The number of hydrogen-bond acceptors (Lipinski definition) is 6. The second-order valence-electron chi connectivity index (χ2n) is 10.4. The Morgan fingerprint density at radius 2 is 2.14 bits per heavy atom. The number of hydrogen-bond donors (Lipinski definition) is 0. The number of nitrogens with zero attached hydrogens (tertiary/aromatic N) is 1. The predicted molar refractivity (Wildman–Crippen MR) is 106 cm³/mol. The average Bonchev–Trinajstić information content (AvgIpc) is 3.37. The first kappa shape index (κ1) is 19.8. The lowest BCUT2D eigenvalue weighted by Gasteiger charge is -2.49. The summed E-state index contributed by atoms with van der Waals surface area (Å²) >= 11 is 0. The molecule has 3 aliphatic heterocycles. The highest BCUT2D eigenvalue weighted by Gasteiger charge is 2.78. The van der Waals surface area contributed by atoms with Crippen LogP contribution in [0.25, 0.3) is 0 Å². The summed E-state index contributed by atoms with van der Waals surface area (Å²) in [5.74, 6) is 0.347. The molecule has 5 aliphatic rings. The van der Waals surface area contributed by atoms with Gasteiger partial charge in [0.1, 0.15) is 11.7 Å². The molecule has 0 aromatic rings. The monoisotopic (exact) mass is 405 g/mol. The van der Waals surface area contributed by atoms with E-state index in [-0.39, 0.29) is 52.9 Å². The number of carbonyl (C=O) groups is 2. The van der Waals surface area contributed by atoms with Crippen molar-refractivity contribution in [2.45, 2.75) is 77.1 Å². The Morgan fingerprint density at radius 3 is 2.93 bits per heavy atom. The lowest BCUT2D eigenvalue weighted by molar-refractivity contribution is -0.150. The number of likely N-dealkylation sites (tertiary alicyclic amines) is 1. The molecule has 0 aromatic heterocycles. The van der Waals surface area contributed by atoms with Gasteiger partial charge < -0.3 is 19.1 Å². The summed E-state index contributed by atoms with van der Waals surface area (Å²) in [6.45, 7) is 9.25. The number of ether oxygens (including phenoxy) is 3. The van der Waals surface area contributed by atoms with Crippen LogP contribution in [0.3, 0.4) is 0 Å². The van der Waals surface area contributed by atoms with Crippen molar-refractivity contribution in [3.63, 3.8) is 0 Å². The first-order chi connectivity index (χ1) is 13.9. The molecule has 8 atom stereocenters. The Kier molecular flexibility index (Phi) is 4.74. The molecule has 0 N–H and O–H groups in total. The zero-order valence-corrected chi connectivity index (χ0v) is 18.0. The summed E-state index contributed by atoms with van der Waals surface area (Å²) in [4.78, 5) is 27.4. The number of esters is 2. The molecule has 162 valence electrons. The third-order valence-corrected chi connectivity index (χ3v) is 8.77. The molecular formula is C23H35NO5. The highest BCUT2D eigenvalue weighted by atomic mass is 16.6. The van der Waals surface area contributed by atoms with Gasteiger partial charge in [-0.1, -0.05) is 20.3 Å². The van der Waals surface area contributed by atoms with E-state index in [1.807, 2.05) is 6.92 Å². The molecule has 2 saturated carbocycles. The number of rotatable bonds is 4. The van der Waals surface area contributed by atoms with Crippen molar-refractivity contribution in [3.8, 4) is 0 Å². The maximum absolute atomic E-state index is 12.9. The summed E-state index contributed by atoms with van der Waals surface area (Å²) in [6.07, 6.45) is 6.57. The third-order valence-electron chi connectivity index (χ3n) is 8.77. The van der Waals surface area contributed by atoms with Crippen LogP contribution in [0.2, 0.25) is 0 Å². The molecule has 5 fully saturated rings. The topological polar surface area (TPSA) is 68.4 Å². The summed E-state index contributed by atoms with van der Waals surface area (Å²) in [5, 5.41) is 0. The minimum absolute atomic E-state index is 0.00549. The van der Waals surface area contributed by atoms with E-state index in [1.165, 1.54) is 19.3 Å². The van der Waals surface area contributed by atoms with Gasteiger partial charge in [0.15, 0.2) is 0 Å². The van der Waals surface area contributed by atoms with Gasteiger partial charge in [0.2, 0.25) is 0 Å². The minimum atomic E-state index is -0.135. The van der Waals surface area contributed by atoms with Crippen LogP contribution in [0, 0.1) is 29.1 Å². The molecule has 29 heavy (non-hydrogen) atoms. The Labute approximate surface area is 173 Å². The largest absolute Gasteiger partial charge is 0.466 e. The molecule has 0 aromatic carbocycles. The molecule has 3 heterocycles. The van der Waals surface area contributed by atoms with Crippen molar-refractivity contribution in [1.82, 2.24) is 4.90 Å². The average molecular weight is 406 g/mol. The first-order valence-corrected chi connectivity index (χ1v) is 11.7. The van der Waals surface area contributed by atoms with Crippen molar-refractivity contribution in [2.75, 3.05) is 26.2 Å². The highest BCUT2D eigenvalue weighted by molar-refractivity contribution is 5.76. The Morgan fingerprint density at radius 1 is 1.31 bits per heavy atom. The number of epoxide rings is 1. The molecule has 6 nitrogen and oxygen atoms in total. The highest BCUT2D eigenvalue weighted by Crippen LogP contribution is 2.70. The number of fused-ring (bicyclic) bond motifs is 2. The van der Waals surface area contributed by atoms with Gasteiger partial charge in [-0.15, -0.1) is 0 Å². The van der Waals surface area contributed by atoms with E-state index < -0.39 is 0 Å². The minimum Gasteiger partial charge on any atom is -0.466 e. The summed E-state index contributed by atoms with van der Waals surface area (Å²) < 4.78 is 17.7. The fraction of sp³-hybridized carbons (Fsp3) is 0.913. The van der Waals surface area contributed by atoms with Crippen LogP contribution in [0.1, 0.15) is 59.3 Å². The van der Waals surface area contributed by atoms with Crippen LogP contribution in [0.15, 0.2) is 0 Å². The van der Waals surface area contributed by atoms with E-state index in [1.54, 1.807) is 0 Å². The molecule has 2 aliphatic carbocycles. The maximum atomic E-state index is 12.9. The smallest absolute Gasteiger partial charge is 0.311 e. The zero-order valence-electron chi connectivity index (χ0n) is 18.0. The first-order valence-electron chi connectivity index (χ1n) is 11.7. The Hall–Kier alpha value is -1.14. The quantitative estimate of drug-likeness (QED) is 0.529. The van der Waals surface area contributed by atoms with Gasteiger partial charge in [0, 0.05) is 24.4 Å². The second kappa shape index (κ2) is 6.94. The van der Waals surface area contributed by atoms with E-state index in [4.69, 9.17) is 14.2 Å². The number of carbonyl (C=O) groups excluding carboxylic acids is 2. The normalized spacial score (nSPS) is 48.9. The molecule has 5 rings (SSSR count).